The van der Waals surface area contributed by atoms with Crippen LogP contribution in [0.2, 0.25) is 0 Å². The van der Waals surface area contributed by atoms with Crippen molar-refractivity contribution >= 4 is 11.0 Å². The summed E-state index contributed by atoms with van der Waals surface area (Å²) in [5.74, 6) is 0.311. The highest BCUT2D eigenvalue weighted by Crippen LogP contribution is 2.33. The van der Waals surface area contributed by atoms with Crippen molar-refractivity contribution in [1.29, 1.82) is 0 Å². The zero-order valence-corrected chi connectivity index (χ0v) is 17.2. The van der Waals surface area contributed by atoms with Gasteiger partial charge in [0.2, 0.25) is 0 Å². The zero-order valence-electron chi connectivity index (χ0n) is 17.2. The van der Waals surface area contributed by atoms with Crippen LogP contribution < -0.4 is 5.32 Å². The van der Waals surface area contributed by atoms with E-state index in [4.69, 9.17) is 0 Å². The first kappa shape index (κ1) is 18.9. The van der Waals surface area contributed by atoms with Gasteiger partial charge in [0, 0.05) is 61.6 Å². The van der Waals surface area contributed by atoms with E-state index in [0.717, 1.165) is 71.6 Å². The molecule has 0 amide bonds. The number of aromatic hydroxyl groups is 1. The Bertz CT molecular complexity index is 1170. The third-order valence-corrected chi connectivity index (χ3v) is 5.95. The van der Waals surface area contributed by atoms with Crippen LogP contribution in [0.15, 0.2) is 60.9 Å². The summed E-state index contributed by atoms with van der Waals surface area (Å²) in [6.45, 7) is 7.25. The molecular formula is C25H26N4O. The molecule has 5 rings (SSSR count). The summed E-state index contributed by atoms with van der Waals surface area (Å²) < 4.78 is 0. The van der Waals surface area contributed by atoms with Crippen LogP contribution in [0, 0.1) is 6.92 Å². The normalized spacial score (nSPS) is 15.0. The minimum Gasteiger partial charge on any atom is -0.508 e. The van der Waals surface area contributed by atoms with E-state index < -0.39 is 0 Å². The predicted octanol–water partition coefficient (Wildman–Crippen LogP) is 4.32. The summed E-state index contributed by atoms with van der Waals surface area (Å²) in [4.78, 5) is 10.4. The minimum atomic E-state index is 0.311. The molecule has 0 atom stereocenters. The van der Waals surface area contributed by atoms with Gasteiger partial charge in [-0.1, -0.05) is 36.4 Å². The second kappa shape index (κ2) is 7.94. The first-order valence-corrected chi connectivity index (χ1v) is 10.5. The summed E-state index contributed by atoms with van der Waals surface area (Å²) in [6.07, 6.45) is 3.88. The van der Waals surface area contributed by atoms with Gasteiger partial charge in [0.1, 0.15) is 11.4 Å². The van der Waals surface area contributed by atoms with Gasteiger partial charge in [-0.05, 0) is 41.3 Å². The molecule has 30 heavy (non-hydrogen) atoms. The molecule has 4 aromatic rings. The molecule has 0 spiro atoms. The van der Waals surface area contributed by atoms with E-state index in [9.17, 15) is 5.11 Å². The number of nitrogens with zero attached hydrogens (tertiary/aromatic N) is 2. The first-order valence-electron chi connectivity index (χ1n) is 10.5. The summed E-state index contributed by atoms with van der Waals surface area (Å²) in [5.41, 5.74) is 7.34. The average molecular weight is 399 g/mol. The van der Waals surface area contributed by atoms with Gasteiger partial charge in [-0.2, -0.15) is 0 Å². The summed E-state index contributed by atoms with van der Waals surface area (Å²) in [7, 11) is 0. The number of pyridine rings is 1. The number of fused-ring (bicyclic) bond motifs is 1. The Morgan fingerprint density at radius 1 is 0.967 bits per heavy atom. The zero-order chi connectivity index (χ0) is 20.5. The lowest BCUT2D eigenvalue weighted by atomic mass is 10.0. The van der Waals surface area contributed by atoms with E-state index in [-0.39, 0.29) is 0 Å². The van der Waals surface area contributed by atoms with Gasteiger partial charge in [0.15, 0.2) is 0 Å². The van der Waals surface area contributed by atoms with Crippen LogP contribution in [-0.2, 0) is 6.54 Å². The Morgan fingerprint density at radius 3 is 2.50 bits per heavy atom. The van der Waals surface area contributed by atoms with Gasteiger partial charge in [-0.25, -0.2) is 4.98 Å². The second-order valence-electron chi connectivity index (χ2n) is 8.05. The smallest absolute Gasteiger partial charge is 0.137 e. The molecule has 3 N–H and O–H groups in total. The number of nitrogens with one attached hydrogen (secondary N) is 2. The average Bonchev–Trinajstić information content (AvgIpc) is 3.20. The molecule has 0 saturated carbocycles. The van der Waals surface area contributed by atoms with Gasteiger partial charge < -0.3 is 15.4 Å². The van der Waals surface area contributed by atoms with Gasteiger partial charge in [0.05, 0.1) is 0 Å². The van der Waals surface area contributed by atoms with Gasteiger partial charge >= 0.3 is 0 Å². The maximum atomic E-state index is 10.1. The molecule has 1 fully saturated rings. The molecule has 152 valence electrons. The van der Waals surface area contributed by atoms with Crippen molar-refractivity contribution in [1.82, 2.24) is 20.2 Å². The van der Waals surface area contributed by atoms with Crippen molar-refractivity contribution in [2.45, 2.75) is 13.5 Å². The Hall–Kier alpha value is -3.15. The first-order chi connectivity index (χ1) is 14.7. The number of benzene rings is 2. The van der Waals surface area contributed by atoms with Crippen LogP contribution in [0.25, 0.3) is 33.3 Å². The van der Waals surface area contributed by atoms with Crippen LogP contribution >= 0.6 is 0 Å². The van der Waals surface area contributed by atoms with E-state index in [1.807, 2.05) is 37.5 Å². The molecule has 0 aliphatic carbocycles. The molecule has 0 radical (unpaired) electrons. The number of hydrogen-bond acceptors (Lipinski definition) is 4. The molecule has 2 aromatic carbocycles. The quantitative estimate of drug-likeness (QED) is 0.479. The number of aromatic amines is 1. The molecule has 5 heteroatoms. The predicted molar refractivity (Wildman–Crippen MR) is 122 cm³/mol. The molecule has 1 aliphatic rings. The van der Waals surface area contributed by atoms with Crippen molar-refractivity contribution in [3.05, 3.63) is 72.1 Å². The molecule has 0 bridgehead atoms. The topological polar surface area (TPSA) is 64.2 Å². The maximum Gasteiger partial charge on any atom is 0.137 e. The number of hydrogen-bond donors (Lipinski definition) is 3. The summed E-state index contributed by atoms with van der Waals surface area (Å²) in [6, 6.07) is 16.8. The van der Waals surface area contributed by atoms with Crippen molar-refractivity contribution in [3.8, 4) is 28.0 Å². The van der Waals surface area contributed by atoms with E-state index in [1.54, 1.807) is 0 Å². The monoisotopic (exact) mass is 398 g/mol. The fourth-order valence-corrected chi connectivity index (χ4v) is 4.11. The van der Waals surface area contributed by atoms with E-state index in [0.29, 0.717) is 5.75 Å². The molecule has 1 aliphatic heterocycles. The standard InChI is InChI=1S/C25H26N4O/c1-17-2-5-20(13-24(17)30)23-15-28-25-22(23)12-21(14-27-25)19-6-3-18(4-7-19)16-29-10-8-26-9-11-29/h2-7,12-15,26,30H,8-11,16H2,1H3,(H,27,28). The highest BCUT2D eigenvalue weighted by molar-refractivity contribution is 5.96. The molecular weight excluding hydrogens is 372 g/mol. The minimum absolute atomic E-state index is 0.311. The van der Waals surface area contributed by atoms with Crippen molar-refractivity contribution < 1.29 is 5.11 Å². The Balaban J connectivity index is 1.43. The molecule has 1 saturated heterocycles. The Morgan fingerprint density at radius 2 is 1.73 bits per heavy atom. The van der Waals surface area contributed by atoms with Crippen molar-refractivity contribution in [2.24, 2.45) is 0 Å². The van der Waals surface area contributed by atoms with E-state index in [2.05, 4.69) is 50.5 Å². The second-order valence-corrected chi connectivity index (χ2v) is 8.05. The molecule has 2 aromatic heterocycles. The van der Waals surface area contributed by atoms with Crippen LogP contribution in [0.3, 0.4) is 0 Å². The highest BCUT2D eigenvalue weighted by Gasteiger charge is 2.12. The maximum absolute atomic E-state index is 10.1. The third kappa shape index (κ3) is 3.70. The largest absolute Gasteiger partial charge is 0.508 e. The fourth-order valence-electron chi connectivity index (χ4n) is 4.11. The third-order valence-electron chi connectivity index (χ3n) is 5.95. The number of aromatic nitrogens is 2. The number of phenols is 1. The number of H-pyrrole nitrogens is 1. The van der Waals surface area contributed by atoms with E-state index >= 15 is 0 Å². The SMILES string of the molecule is Cc1ccc(-c2c[nH]c3ncc(-c4ccc(CN5CCNCC5)cc4)cc23)cc1O. The lowest BCUT2D eigenvalue weighted by molar-refractivity contribution is 0.233. The molecule has 3 heterocycles. The highest BCUT2D eigenvalue weighted by atomic mass is 16.3. The molecule has 0 unspecified atom stereocenters. The number of piperazine rings is 1. The van der Waals surface area contributed by atoms with Gasteiger partial charge in [0.25, 0.3) is 0 Å². The van der Waals surface area contributed by atoms with Crippen LogP contribution in [0.4, 0.5) is 0 Å². The number of rotatable bonds is 4. The summed E-state index contributed by atoms with van der Waals surface area (Å²) in [5, 5.41) is 14.6. The summed E-state index contributed by atoms with van der Waals surface area (Å²) >= 11 is 0. The molecule has 5 nitrogen and oxygen atoms in total. The fraction of sp³-hybridized carbons (Fsp3) is 0.240. The van der Waals surface area contributed by atoms with Crippen LogP contribution in [0.1, 0.15) is 11.1 Å². The van der Waals surface area contributed by atoms with Crippen LogP contribution in [-0.4, -0.2) is 46.2 Å². The van der Waals surface area contributed by atoms with Crippen molar-refractivity contribution in [2.75, 3.05) is 26.2 Å². The number of phenolic OH excluding ortho intramolecular Hbond substituents is 1. The Labute approximate surface area is 176 Å². The lowest BCUT2D eigenvalue weighted by Crippen LogP contribution is -2.42. The van der Waals surface area contributed by atoms with Gasteiger partial charge in [-0.15, -0.1) is 0 Å². The number of aryl methyl sites for hydroxylation is 1. The van der Waals surface area contributed by atoms with E-state index in [1.165, 1.54) is 5.56 Å². The van der Waals surface area contributed by atoms with Gasteiger partial charge in [-0.3, -0.25) is 4.90 Å². The van der Waals surface area contributed by atoms with Crippen LogP contribution in [0.5, 0.6) is 5.75 Å². The Kier molecular flexibility index (Phi) is 4.99. The van der Waals surface area contributed by atoms with Crippen molar-refractivity contribution in [3.63, 3.8) is 0 Å². The lowest BCUT2D eigenvalue weighted by Gasteiger charge is -2.27.